The second-order valence-electron chi connectivity index (χ2n) is 4.71. The van der Waals surface area contributed by atoms with Gasteiger partial charge in [0.25, 0.3) is 0 Å². The highest BCUT2D eigenvalue weighted by molar-refractivity contribution is 6.30. The monoisotopic (exact) mass is 304 g/mol. The molecule has 0 atom stereocenters. The second-order valence-corrected chi connectivity index (χ2v) is 5.15. The van der Waals surface area contributed by atoms with Crippen molar-refractivity contribution in [3.05, 3.63) is 58.6 Å². The molecule has 0 aliphatic rings. The Kier molecular flexibility index (Phi) is 4.70. The van der Waals surface area contributed by atoms with E-state index in [1.54, 1.807) is 12.1 Å². The van der Waals surface area contributed by atoms with Crippen molar-refractivity contribution in [1.82, 2.24) is 0 Å². The molecule has 0 radical (unpaired) electrons. The number of hydrogen-bond donors (Lipinski definition) is 1. The Hall–Kier alpha value is -2.20. The zero-order valence-electron chi connectivity index (χ0n) is 12.0. The molecule has 0 unspecified atom stereocenters. The summed E-state index contributed by atoms with van der Waals surface area (Å²) in [5, 5.41) is 0.702. The van der Waals surface area contributed by atoms with Crippen molar-refractivity contribution in [3.63, 3.8) is 0 Å². The number of esters is 1. The van der Waals surface area contributed by atoms with Crippen LogP contribution in [-0.4, -0.2) is 20.1 Å². The van der Waals surface area contributed by atoms with Gasteiger partial charge in [-0.1, -0.05) is 29.8 Å². The summed E-state index contributed by atoms with van der Waals surface area (Å²) in [6.45, 7) is 0.659. The molecule has 0 aliphatic carbocycles. The summed E-state index contributed by atoms with van der Waals surface area (Å²) in [6, 6.07) is 12.9. The molecule has 0 saturated carbocycles. The molecule has 2 aromatic carbocycles. The van der Waals surface area contributed by atoms with Crippen LogP contribution in [0.3, 0.4) is 0 Å². The summed E-state index contributed by atoms with van der Waals surface area (Å²) in [5.74, 6) is -0.436. The predicted molar refractivity (Wildman–Crippen MR) is 85.8 cm³/mol. The standard InChI is InChI=1S/C16H17ClN2O2/c1-19(10-11-6-8-12(17)9-7-11)14-5-3-4-13(15(14)18)16(20)21-2/h3-9H,10,18H2,1-2H3. The summed E-state index contributed by atoms with van der Waals surface area (Å²) in [6.07, 6.45) is 0. The number of hydrogen-bond acceptors (Lipinski definition) is 4. The second kappa shape index (κ2) is 6.50. The van der Waals surface area contributed by atoms with Crippen molar-refractivity contribution < 1.29 is 9.53 Å². The minimum absolute atomic E-state index is 0.373. The Morgan fingerprint density at radius 1 is 1.24 bits per heavy atom. The van der Waals surface area contributed by atoms with Crippen LogP contribution in [0.1, 0.15) is 15.9 Å². The Morgan fingerprint density at radius 2 is 1.90 bits per heavy atom. The summed E-state index contributed by atoms with van der Waals surface area (Å²) in [7, 11) is 3.26. The summed E-state index contributed by atoms with van der Waals surface area (Å²) < 4.78 is 4.73. The molecule has 5 heteroatoms. The first-order valence-corrected chi connectivity index (χ1v) is 6.83. The number of para-hydroxylation sites is 1. The van der Waals surface area contributed by atoms with E-state index in [0.717, 1.165) is 11.3 Å². The van der Waals surface area contributed by atoms with Crippen molar-refractivity contribution >= 4 is 28.9 Å². The van der Waals surface area contributed by atoms with Gasteiger partial charge < -0.3 is 15.4 Å². The number of carbonyl (C=O) groups is 1. The third kappa shape index (κ3) is 3.47. The lowest BCUT2D eigenvalue weighted by Gasteiger charge is -2.22. The fraction of sp³-hybridized carbons (Fsp3) is 0.188. The fourth-order valence-corrected chi connectivity index (χ4v) is 2.25. The molecular formula is C16H17ClN2O2. The van der Waals surface area contributed by atoms with Crippen molar-refractivity contribution in [1.29, 1.82) is 0 Å². The van der Waals surface area contributed by atoms with Crippen LogP contribution in [0.15, 0.2) is 42.5 Å². The molecule has 0 fully saturated rings. The Balaban J connectivity index is 2.25. The van der Waals surface area contributed by atoms with Crippen LogP contribution in [-0.2, 0) is 11.3 Å². The van der Waals surface area contributed by atoms with Crippen LogP contribution in [0.4, 0.5) is 11.4 Å². The molecule has 21 heavy (non-hydrogen) atoms. The smallest absolute Gasteiger partial charge is 0.340 e. The lowest BCUT2D eigenvalue weighted by molar-refractivity contribution is 0.0602. The number of carbonyl (C=O) groups excluding carboxylic acids is 1. The summed E-state index contributed by atoms with van der Waals surface area (Å²) >= 11 is 5.88. The van der Waals surface area contributed by atoms with Gasteiger partial charge in [0.15, 0.2) is 0 Å². The van der Waals surface area contributed by atoms with E-state index in [9.17, 15) is 4.79 Å². The van der Waals surface area contributed by atoms with E-state index in [-0.39, 0.29) is 0 Å². The maximum Gasteiger partial charge on any atom is 0.340 e. The van der Waals surface area contributed by atoms with Gasteiger partial charge in [0.05, 0.1) is 24.0 Å². The number of nitrogens with two attached hydrogens (primary N) is 1. The van der Waals surface area contributed by atoms with Gasteiger partial charge in [-0.05, 0) is 29.8 Å². The quantitative estimate of drug-likeness (QED) is 0.695. The van der Waals surface area contributed by atoms with E-state index in [1.165, 1.54) is 7.11 Å². The van der Waals surface area contributed by atoms with E-state index in [2.05, 4.69) is 0 Å². The first kappa shape index (κ1) is 15.2. The molecule has 2 aromatic rings. The summed E-state index contributed by atoms with van der Waals surface area (Å²) in [4.78, 5) is 13.6. The lowest BCUT2D eigenvalue weighted by atomic mass is 10.1. The molecule has 0 aromatic heterocycles. The van der Waals surface area contributed by atoms with Crippen LogP contribution in [0, 0.1) is 0 Å². The number of nitrogens with zero attached hydrogens (tertiary/aromatic N) is 1. The number of benzene rings is 2. The van der Waals surface area contributed by atoms with Crippen LogP contribution in [0.25, 0.3) is 0 Å². The van der Waals surface area contributed by atoms with Gasteiger partial charge in [-0.25, -0.2) is 4.79 Å². The molecule has 0 aliphatic heterocycles. The van der Waals surface area contributed by atoms with E-state index in [4.69, 9.17) is 22.1 Å². The van der Waals surface area contributed by atoms with Gasteiger partial charge in [-0.2, -0.15) is 0 Å². The van der Waals surface area contributed by atoms with Gasteiger partial charge in [0, 0.05) is 18.6 Å². The summed E-state index contributed by atoms with van der Waals surface area (Å²) in [5.41, 5.74) is 8.75. The van der Waals surface area contributed by atoms with Gasteiger partial charge in [-0.3, -0.25) is 0 Å². The zero-order chi connectivity index (χ0) is 15.4. The number of nitrogen functional groups attached to an aromatic ring is 1. The van der Waals surface area contributed by atoms with Crippen molar-refractivity contribution in [2.24, 2.45) is 0 Å². The van der Waals surface area contributed by atoms with E-state index >= 15 is 0 Å². The molecule has 0 saturated heterocycles. The SMILES string of the molecule is COC(=O)c1cccc(N(C)Cc2ccc(Cl)cc2)c1N. The molecular weight excluding hydrogens is 288 g/mol. The Morgan fingerprint density at radius 3 is 2.52 bits per heavy atom. The van der Waals surface area contributed by atoms with Crippen LogP contribution in [0.5, 0.6) is 0 Å². The maximum absolute atomic E-state index is 11.7. The van der Waals surface area contributed by atoms with Crippen molar-refractivity contribution in [2.75, 3.05) is 24.8 Å². The minimum atomic E-state index is -0.436. The van der Waals surface area contributed by atoms with E-state index in [1.807, 2.05) is 42.3 Å². The molecule has 110 valence electrons. The normalized spacial score (nSPS) is 10.2. The van der Waals surface area contributed by atoms with E-state index in [0.29, 0.717) is 22.8 Å². The molecule has 0 spiro atoms. The zero-order valence-corrected chi connectivity index (χ0v) is 12.7. The molecule has 2 N–H and O–H groups in total. The average Bonchev–Trinajstić information content (AvgIpc) is 2.49. The number of rotatable bonds is 4. The molecule has 0 heterocycles. The van der Waals surface area contributed by atoms with Crippen LogP contribution in [0.2, 0.25) is 5.02 Å². The number of methoxy groups -OCH3 is 1. The fourth-order valence-electron chi connectivity index (χ4n) is 2.12. The van der Waals surface area contributed by atoms with Crippen molar-refractivity contribution in [3.8, 4) is 0 Å². The number of halogens is 1. The first-order valence-electron chi connectivity index (χ1n) is 6.45. The Labute approximate surface area is 129 Å². The maximum atomic E-state index is 11.7. The predicted octanol–water partition coefficient (Wildman–Crippen LogP) is 3.35. The van der Waals surface area contributed by atoms with Crippen LogP contribution < -0.4 is 10.6 Å². The van der Waals surface area contributed by atoms with Crippen molar-refractivity contribution in [2.45, 2.75) is 6.54 Å². The third-order valence-corrected chi connectivity index (χ3v) is 3.48. The molecule has 4 nitrogen and oxygen atoms in total. The van der Waals surface area contributed by atoms with Gasteiger partial charge >= 0.3 is 5.97 Å². The first-order chi connectivity index (χ1) is 10.0. The number of ether oxygens (including phenoxy) is 1. The third-order valence-electron chi connectivity index (χ3n) is 3.23. The largest absolute Gasteiger partial charge is 0.465 e. The highest BCUT2D eigenvalue weighted by Gasteiger charge is 2.15. The van der Waals surface area contributed by atoms with E-state index < -0.39 is 5.97 Å². The highest BCUT2D eigenvalue weighted by atomic mass is 35.5. The van der Waals surface area contributed by atoms with Gasteiger partial charge in [0.1, 0.15) is 0 Å². The topological polar surface area (TPSA) is 55.6 Å². The number of anilines is 2. The molecule has 0 amide bonds. The van der Waals surface area contributed by atoms with Gasteiger partial charge in [-0.15, -0.1) is 0 Å². The van der Waals surface area contributed by atoms with Crippen LogP contribution >= 0.6 is 11.6 Å². The lowest BCUT2D eigenvalue weighted by Crippen LogP contribution is -2.19. The molecule has 2 rings (SSSR count). The average molecular weight is 305 g/mol. The van der Waals surface area contributed by atoms with Gasteiger partial charge in [0.2, 0.25) is 0 Å². The molecule has 0 bridgehead atoms. The highest BCUT2D eigenvalue weighted by Crippen LogP contribution is 2.27. The Bertz CT molecular complexity index is 641. The minimum Gasteiger partial charge on any atom is -0.465 e.